The Morgan fingerprint density at radius 2 is 2.06 bits per heavy atom. The fraction of sp³-hybridized carbons (Fsp3) is 0.667. The van der Waals surface area contributed by atoms with Crippen molar-refractivity contribution in [2.45, 2.75) is 40.2 Å². The van der Waals surface area contributed by atoms with Crippen LogP contribution in [0.4, 0.5) is 5.82 Å². The van der Waals surface area contributed by atoms with Crippen molar-refractivity contribution in [1.29, 1.82) is 0 Å². The molecule has 0 spiro atoms. The van der Waals surface area contributed by atoms with E-state index in [4.69, 9.17) is 0 Å². The molecule has 0 saturated carbocycles. The summed E-state index contributed by atoms with van der Waals surface area (Å²) in [5, 5.41) is 3.15. The van der Waals surface area contributed by atoms with Crippen molar-refractivity contribution in [3.8, 4) is 0 Å². The van der Waals surface area contributed by atoms with Gasteiger partial charge in [0.2, 0.25) is 0 Å². The normalized spacial score (nSPS) is 10.8. The van der Waals surface area contributed by atoms with Gasteiger partial charge in [-0.25, -0.2) is 4.98 Å². The molecular formula is C12H21N3O. The van der Waals surface area contributed by atoms with Crippen LogP contribution in [0.2, 0.25) is 0 Å². The van der Waals surface area contributed by atoms with Crippen LogP contribution in [0.15, 0.2) is 17.2 Å². The Morgan fingerprint density at radius 1 is 1.38 bits per heavy atom. The van der Waals surface area contributed by atoms with Gasteiger partial charge in [0.05, 0.1) is 0 Å². The predicted octanol–water partition coefficient (Wildman–Crippen LogP) is 2.11. The van der Waals surface area contributed by atoms with Gasteiger partial charge in [0.15, 0.2) is 5.82 Å². The second-order valence-electron chi connectivity index (χ2n) is 3.93. The van der Waals surface area contributed by atoms with E-state index >= 15 is 0 Å². The summed E-state index contributed by atoms with van der Waals surface area (Å²) in [7, 11) is 0. The molecule has 0 aromatic carbocycles. The van der Waals surface area contributed by atoms with Crippen LogP contribution in [0.25, 0.3) is 0 Å². The van der Waals surface area contributed by atoms with Crippen molar-refractivity contribution in [2.24, 2.45) is 5.92 Å². The van der Waals surface area contributed by atoms with E-state index < -0.39 is 0 Å². The van der Waals surface area contributed by atoms with E-state index in [2.05, 4.69) is 24.1 Å². The zero-order valence-corrected chi connectivity index (χ0v) is 10.4. The van der Waals surface area contributed by atoms with E-state index in [1.807, 2.05) is 6.92 Å². The van der Waals surface area contributed by atoms with E-state index in [1.54, 1.807) is 17.0 Å². The van der Waals surface area contributed by atoms with Crippen LogP contribution in [0.5, 0.6) is 0 Å². The Hall–Kier alpha value is -1.32. The molecule has 1 rings (SSSR count). The lowest BCUT2D eigenvalue weighted by molar-refractivity contribution is 0.517. The number of aromatic nitrogens is 2. The molecule has 1 heterocycles. The van der Waals surface area contributed by atoms with Gasteiger partial charge in [-0.1, -0.05) is 26.7 Å². The molecule has 90 valence electrons. The van der Waals surface area contributed by atoms with Crippen LogP contribution in [0.1, 0.15) is 33.6 Å². The molecular weight excluding hydrogens is 202 g/mol. The van der Waals surface area contributed by atoms with Crippen molar-refractivity contribution < 1.29 is 0 Å². The van der Waals surface area contributed by atoms with Crippen LogP contribution in [-0.2, 0) is 6.54 Å². The van der Waals surface area contributed by atoms with Crippen molar-refractivity contribution in [3.63, 3.8) is 0 Å². The molecule has 4 nitrogen and oxygen atoms in total. The van der Waals surface area contributed by atoms with E-state index in [0.717, 1.165) is 19.4 Å². The minimum atomic E-state index is -0.0315. The van der Waals surface area contributed by atoms with Gasteiger partial charge in [-0.2, -0.15) is 0 Å². The molecule has 0 unspecified atom stereocenters. The van der Waals surface area contributed by atoms with Gasteiger partial charge in [0, 0.05) is 25.5 Å². The van der Waals surface area contributed by atoms with Crippen LogP contribution < -0.4 is 10.9 Å². The van der Waals surface area contributed by atoms with Crippen molar-refractivity contribution >= 4 is 5.82 Å². The Labute approximate surface area is 96.7 Å². The third-order valence-electron chi connectivity index (χ3n) is 2.97. The third-order valence-corrected chi connectivity index (χ3v) is 2.97. The van der Waals surface area contributed by atoms with Crippen molar-refractivity contribution in [1.82, 2.24) is 9.55 Å². The van der Waals surface area contributed by atoms with Crippen molar-refractivity contribution in [3.05, 3.63) is 22.7 Å². The van der Waals surface area contributed by atoms with Gasteiger partial charge in [-0.3, -0.25) is 4.79 Å². The molecule has 1 aromatic rings. The van der Waals surface area contributed by atoms with E-state index in [0.29, 0.717) is 18.3 Å². The molecule has 0 atom stereocenters. The lowest BCUT2D eigenvalue weighted by Crippen LogP contribution is -2.25. The second kappa shape index (κ2) is 6.30. The number of aryl methyl sites for hydroxylation is 1. The Balaban J connectivity index is 2.71. The summed E-state index contributed by atoms with van der Waals surface area (Å²) in [6.45, 7) is 7.78. The second-order valence-corrected chi connectivity index (χ2v) is 3.93. The topological polar surface area (TPSA) is 46.9 Å². The molecule has 16 heavy (non-hydrogen) atoms. The zero-order valence-electron chi connectivity index (χ0n) is 10.4. The summed E-state index contributed by atoms with van der Waals surface area (Å²) >= 11 is 0. The molecule has 0 aliphatic rings. The summed E-state index contributed by atoms with van der Waals surface area (Å²) < 4.78 is 1.65. The summed E-state index contributed by atoms with van der Waals surface area (Å²) in [4.78, 5) is 15.9. The van der Waals surface area contributed by atoms with E-state index in [-0.39, 0.29) is 5.56 Å². The van der Waals surface area contributed by atoms with Crippen LogP contribution >= 0.6 is 0 Å². The molecule has 0 amide bonds. The number of hydrogen-bond donors (Lipinski definition) is 1. The largest absolute Gasteiger partial charge is 0.365 e. The summed E-state index contributed by atoms with van der Waals surface area (Å²) in [5.74, 6) is 1.08. The van der Waals surface area contributed by atoms with Crippen LogP contribution in [0.3, 0.4) is 0 Å². The van der Waals surface area contributed by atoms with Gasteiger partial charge in [-0.15, -0.1) is 0 Å². The molecule has 1 N–H and O–H groups in total. The zero-order chi connectivity index (χ0) is 12.0. The first-order chi connectivity index (χ1) is 7.72. The quantitative estimate of drug-likeness (QED) is 0.803. The molecule has 0 aliphatic carbocycles. The van der Waals surface area contributed by atoms with Gasteiger partial charge < -0.3 is 9.88 Å². The Bertz CT molecular complexity index is 369. The fourth-order valence-electron chi connectivity index (χ4n) is 1.64. The highest BCUT2D eigenvalue weighted by Crippen LogP contribution is 2.07. The Morgan fingerprint density at radius 3 is 2.62 bits per heavy atom. The van der Waals surface area contributed by atoms with Gasteiger partial charge in [-0.05, 0) is 12.8 Å². The lowest BCUT2D eigenvalue weighted by atomic mass is 10.0. The predicted molar refractivity (Wildman–Crippen MR) is 66.7 cm³/mol. The summed E-state index contributed by atoms with van der Waals surface area (Å²) in [6.07, 6.45) is 5.63. The lowest BCUT2D eigenvalue weighted by Gasteiger charge is -2.13. The molecule has 1 aromatic heterocycles. The van der Waals surface area contributed by atoms with Gasteiger partial charge in [0.1, 0.15) is 0 Å². The Kier molecular flexibility index (Phi) is 5.02. The van der Waals surface area contributed by atoms with E-state index in [9.17, 15) is 4.79 Å². The number of anilines is 1. The minimum absolute atomic E-state index is 0.0315. The maximum absolute atomic E-state index is 11.8. The first kappa shape index (κ1) is 12.7. The van der Waals surface area contributed by atoms with Crippen LogP contribution in [0, 0.1) is 5.92 Å². The standard InChI is InChI=1S/C12H21N3O/c1-4-10(5-2)9-14-11-12(16)15(6-3)8-7-13-11/h7-8,10H,4-6,9H2,1-3H3,(H,13,14). The number of nitrogens with one attached hydrogen (secondary N) is 1. The summed E-state index contributed by atoms with van der Waals surface area (Å²) in [5.41, 5.74) is -0.0315. The first-order valence-corrected chi connectivity index (χ1v) is 6.02. The number of nitrogens with zero attached hydrogens (tertiary/aromatic N) is 2. The molecule has 0 bridgehead atoms. The smallest absolute Gasteiger partial charge is 0.293 e. The highest BCUT2D eigenvalue weighted by Gasteiger charge is 2.06. The maximum Gasteiger partial charge on any atom is 0.293 e. The third kappa shape index (κ3) is 3.08. The molecule has 0 aliphatic heterocycles. The number of hydrogen-bond acceptors (Lipinski definition) is 3. The average molecular weight is 223 g/mol. The van der Waals surface area contributed by atoms with Gasteiger partial charge >= 0.3 is 0 Å². The highest BCUT2D eigenvalue weighted by molar-refractivity contribution is 5.30. The van der Waals surface area contributed by atoms with Crippen molar-refractivity contribution in [2.75, 3.05) is 11.9 Å². The monoisotopic (exact) mass is 223 g/mol. The fourth-order valence-corrected chi connectivity index (χ4v) is 1.64. The molecule has 4 heteroatoms. The van der Waals surface area contributed by atoms with E-state index in [1.165, 1.54) is 0 Å². The summed E-state index contributed by atoms with van der Waals surface area (Å²) in [6, 6.07) is 0. The first-order valence-electron chi connectivity index (χ1n) is 6.02. The average Bonchev–Trinajstić information content (AvgIpc) is 2.32. The maximum atomic E-state index is 11.8. The molecule has 0 fully saturated rings. The highest BCUT2D eigenvalue weighted by atomic mass is 16.1. The van der Waals surface area contributed by atoms with Gasteiger partial charge in [0.25, 0.3) is 5.56 Å². The minimum Gasteiger partial charge on any atom is -0.365 e. The SMILES string of the molecule is CCC(CC)CNc1nccn(CC)c1=O. The number of rotatable bonds is 6. The molecule has 0 radical (unpaired) electrons. The van der Waals surface area contributed by atoms with Crippen LogP contribution in [-0.4, -0.2) is 16.1 Å². The molecule has 0 saturated heterocycles.